The van der Waals surface area contributed by atoms with E-state index in [1.54, 1.807) is 31.2 Å². The summed E-state index contributed by atoms with van der Waals surface area (Å²) in [5.41, 5.74) is 2.05. The van der Waals surface area contributed by atoms with E-state index >= 15 is 0 Å². The summed E-state index contributed by atoms with van der Waals surface area (Å²) in [5.74, 6) is 0.721. The molecule has 0 unspecified atom stereocenters. The highest BCUT2D eigenvalue weighted by Crippen LogP contribution is 2.39. The van der Waals surface area contributed by atoms with Crippen molar-refractivity contribution < 1.29 is 26.3 Å². The number of sulfone groups is 1. The van der Waals surface area contributed by atoms with Gasteiger partial charge in [-0.05, 0) is 66.6 Å². The number of hydrogen-bond acceptors (Lipinski definition) is 5. The molecule has 9 heteroatoms. The molecule has 0 aliphatic rings. The van der Waals surface area contributed by atoms with Gasteiger partial charge < -0.3 is 4.74 Å². The van der Waals surface area contributed by atoms with Crippen molar-refractivity contribution >= 4 is 20.9 Å². The summed E-state index contributed by atoms with van der Waals surface area (Å²) in [7, 11) is -3.43. The second-order valence-corrected chi connectivity index (χ2v) is 10.8. The van der Waals surface area contributed by atoms with Gasteiger partial charge >= 0.3 is 6.18 Å². The smallest absolute Gasteiger partial charge is 0.418 e. The zero-order chi connectivity index (χ0) is 27.1. The molecule has 0 N–H and O–H groups in total. The fraction of sp³-hybridized carbons (Fsp3) is 0.103. The van der Waals surface area contributed by atoms with E-state index in [1.165, 1.54) is 24.3 Å². The van der Waals surface area contributed by atoms with Gasteiger partial charge in [0.1, 0.15) is 17.0 Å². The Labute approximate surface area is 217 Å². The summed E-state index contributed by atoms with van der Waals surface area (Å²) >= 11 is 0. The molecule has 0 bridgehead atoms. The summed E-state index contributed by atoms with van der Waals surface area (Å²) in [6.07, 6.45) is -3.45. The lowest BCUT2D eigenvalue weighted by atomic mass is 9.96. The van der Waals surface area contributed by atoms with Crippen molar-refractivity contribution in [3.05, 3.63) is 102 Å². The van der Waals surface area contributed by atoms with Crippen LogP contribution in [0, 0.1) is 6.92 Å². The van der Waals surface area contributed by atoms with E-state index < -0.39 is 21.6 Å². The minimum Gasteiger partial charge on any atom is -0.457 e. The molecule has 4 aromatic carbocycles. The molecule has 0 fully saturated rings. The topological polar surface area (TPSA) is 69.2 Å². The highest BCUT2D eigenvalue weighted by molar-refractivity contribution is 7.90. The normalized spacial score (nSPS) is 12.0. The van der Waals surface area contributed by atoms with Gasteiger partial charge in [0.2, 0.25) is 0 Å². The fourth-order valence-electron chi connectivity index (χ4n) is 4.20. The maximum absolute atomic E-state index is 13.6. The third-order valence-corrected chi connectivity index (χ3v) is 7.09. The van der Waals surface area contributed by atoms with Crippen molar-refractivity contribution in [2.75, 3.05) is 6.26 Å². The molecule has 0 aliphatic heterocycles. The summed E-state index contributed by atoms with van der Waals surface area (Å²) in [5, 5.41) is 0. The van der Waals surface area contributed by atoms with Crippen LogP contribution in [-0.2, 0) is 16.0 Å². The van der Waals surface area contributed by atoms with Crippen LogP contribution in [0.25, 0.3) is 33.4 Å². The molecule has 0 saturated heterocycles. The van der Waals surface area contributed by atoms with Gasteiger partial charge in [0.05, 0.1) is 27.4 Å². The lowest BCUT2D eigenvalue weighted by Crippen LogP contribution is -2.08. The quantitative estimate of drug-likeness (QED) is 0.234. The summed E-state index contributed by atoms with van der Waals surface area (Å²) in [6.45, 7) is 1.62. The Bertz CT molecular complexity index is 1770. The van der Waals surface area contributed by atoms with Crippen LogP contribution in [0.3, 0.4) is 0 Å². The molecular formula is C29H21F3N2O3S. The van der Waals surface area contributed by atoms with Crippen LogP contribution >= 0.6 is 0 Å². The van der Waals surface area contributed by atoms with Gasteiger partial charge in [-0.1, -0.05) is 42.5 Å². The monoisotopic (exact) mass is 534 g/mol. The SMILES string of the molecule is Cc1nc2c(C(F)(F)F)cccc2nc1-c1cc(Oc2cccc(S(C)(=O)=O)c2)ccc1-c1ccccc1. The number of halogens is 3. The predicted octanol–water partition coefficient (Wildman–Crippen LogP) is 7.49. The number of nitrogens with zero attached hydrogens (tertiary/aromatic N) is 2. The number of ether oxygens (including phenoxy) is 1. The molecule has 0 aliphatic carbocycles. The molecule has 5 nitrogen and oxygen atoms in total. The zero-order valence-corrected chi connectivity index (χ0v) is 21.1. The maximum Gasteiger partial charge on any atom is 0.418 e. The Hall–Kier alpha value is -4.24. The van der Waals surface area contributed by atoms with Crippen LogP contribution in [0.5, 0.6) is 11.5 Å². The summed E-state index contributed by atoms with van der Waals surface area (Å²) in [4.78, 5) is 9.04. The van der Waals surface area contributed by atoms with E-state index in [4.69, 9.17) is 4.74 Å². The van der Waals surface area contributed by atoms with Gasteiger partial charge in [-0.2, -0.15) is 13.2 Å². The highest BCUT2D eigenvalue weighted by Gasteiger charge is 2.33. The second kappa shape index (κ2) is 9.57. The number of rotatable bonds is 5. The third kappa shape index (κ3) is 5.10. The van der Waals surface area contributed by atoms with E-state index in [0.717, 1.165) is 23.4 Å². The number of hydrogen-bond donors (Lipinski definition) is 0. The van der Waals surface area contributed by atoms with Crippen molar-refractivity contribution in [3.8, 4) is 33.9 Å². The number of aryl methyl sites for hydroxylation is 1. The lowest BCUT2D eigenvalue weighted by molar-refractivity contribution is -0.136. The molecule has 192 valence electrons. The first-order chi connectivity index (χ1) is 18.0. The maximum atomic E-state index is 13.6. The van der Waals surface area contributed by atoms with Crippen molar-refractivity contribution in [1.29, 1.82) is 0 Å². The number of fused-ring (bicyclic) bond motifs is 1. The molecule has 0 atom stereocenters. The van der Waals surface area contributed by atoms with Crippen molar-refractivity contribution in [2.45, 2.75) is 18.0 Å². The Balaban J connectivity index is 1.68. The van der Waals surface area contributed by atoms with E-state index in [9.17, 15) is 21.6 Å². The molecule has 0 spiro atoms. The predicted molar refractivity (Wildman–Crippen MR) is 140 cm³/mol. The van der Waals surface area contributed by atoms with Crippen LogP contribution in [0.2, 0.25) is 0 Å². The highest BCUT2D eigenvalue weighted by atomic mass is 32.2. The van der Waals surface area contributed by atoms with Gasteiger partial charge in [0.15, 0.2) is 9.84 Å². The Kier molecular flexibility index (Phi) is 6.40. The van der Waals surface area contributed by atoms with E-state index in [1.807, 2.05) is 36.4 Å². The van der Waals surface area contributed by atoms with Crippen LogP contribution in [0.15, 0.2) is 95.9 Å². The first-order valence-electron chi connectivity index (χ1n) is 11.5. The largest absolute Gasteiger partial charge is 0.457 e. The van der Waals surface area contributed by atoms with Crippen molar-refractivity contribution in [2.24, 2.45) is 0 Å². The van der Waals surface area contributed by atoms with Gasteiger partial charge in [-0.25, -0.2) is 18.4 Å². The number of para-hydroxylation sites is 1. The average Bonchev–Trinajstić information content (AvgIpc) is 2.87. The Morgan fingerprint density at radius 1 is 0.763 bits per heavy atom. The van der Waals surface area contributed by atoms with Crippen molar-refractivity contribution in [3.63, 3.8) is 0 Å². The molecule has 0 amide bonds. The van der Waals surface area contributed by atoms with E-state index in [-0.39, 0.29) is 15.9 Å². The lowest BCUT2D eigenvalue weighted by Gasteiger charge is -2.16. The molecule has 0 radical (unpaired) electrons. The molecule has 5 aromatic rings. The van der Waals surface area contributed by atoms with E-state index in [2.05, 4.69) is 9.97 Å². The van der Waals surface area contributed by atoms with Crippen LogP contribution in [-0.4, -0.2) is 24.6 Å². The van der Waals surface area contributed by atoms with Crippen LogP contribution in [0.1, 0.15) is 11.3 Å². The summed E-state index contributed by atoms with van der Waals surface area (Å²) in [6, 6.07) is 24.7. The average molecular weight is 535 g/mol. The Morgan fingerprint density at radius 2 is 1.47 bits per heavy atom. The van der Waals surface area contributed by atoms with Gasteiger partial charge in [0.25, 0.3) is 0 Å². The molecule has 1 aromatic heterocycles. The molecule has 38 heavy (non-hydrogen) atoms. The van der Waals surface area contributed by atoms with Gasteiger partial charge in [0, 0.05) is 11.8 Å². The van der Waals surface area contributed by atoms with E-state index in [0.29, 0.717) is 28.5 Å². The fourth-order valence-corrected chi connectivity index (χ4v) is 4.86. The van der Waals surface area contributed by atoms with Crippen LogP contribution < -0.4 is 4.74 Å². The minimum absolute atomic E-state index is 0.117. The van der Waals surface area contributed by atoms with Gasteiger partial charge in [-0.3, -0.25) is 0 Å². The number of benzene rings is 4. The number of alkyl halides is 3. The third-order valence-electron chi connectivity index (χ3n) is 5.97. The first kappa shape index (κ1) is 25.4. The Morgan fingerprint density at radius 3 is 2.18 bits per heavy atom. The van der Waals surface area contributed by atoms with Crippen molar-refractivity contribution in [1.82, 2.24) is 9.97 Å². The second-order valence-electron chi connectivity index (χ2n) is 8.75. The molecule has 1 heterocycles. The number of aromatic nitrogens is 2. The molecular weight excluding hydrogens is 513 g/mol. The first-order valence-corrected chi connectivity index (χ1v) is 13.4. The molecule has 0 saturated carbocycles. The zero-order valence-electron chi connectivity index (χ0n) is 20.3. The summed E-state index contributed by atoms with van der Waals surface area (Å²) < 4.78 is 70.7. The minimum atomic E-state index is -4.56. The standard InChI is InChI=1S/C29H21F3N2O3S/c1-18-27(34-26-13-7-12-25(28(26)33-18)29(30,31)32)24-17-21(14-15-23(24)19-8-4-3-5-9-19)37-20-10-6-11-22(16-20)38(2,35)36/h3-17H,1-2H3. The van der Waals surface area contributed by atoms with Crippen LogP contribution in [0.4, 0.5) is 13.2 Å². The van der Waals surface area contributed by atoms with Gasteiger partial charge in [-0.15, -0.1) is 0 Å². The molecule has 5 rings (SSSR count).